The van der Waals surface area contributed by atoms with Crippen molar-refractivity contribution in [3.05, 3.63) is 42.1 Å². The van der Waals surface area contributed by atoms with Gasteiger partial charge in [0, 0.05) is 11.8 Å². The molecule has 0 aliphatic heterocycles. The number of anilines is 1. The minimum Gasteiger partial charge on any atom is -0.496 e. The highest BCUT2D eigenvalue weighted by atomic mass is 16.5. The summed E-state index contributed by atoms with van der Waals surface area (Å²) in [7, 11) is 1.67. The Bertz CT molecular complexity index is 509. The fourth-order valence-corrected chi connectivity index (χ4v) is 1.78. The van der Waals surface area contributed by atoms with E-state index in [4.69, 9.17) is 10.5 Å². The first-order valence-electron chi connectivity index (χ1n) is 5.08. The van der Waals surface area contributed by atoms with Gasteiger partial charge in [-0.2, -0.15) is 0 Å². The summed E-state index contributed by atoms with van der Waals surface area (Å²) in [5.74, 6) is 1.37. The minimum absolute atomic E-state index is 0.516. The second-order valence-corrected chi connectivity index (χ2v) is 3.62. The molecule has 3 heteroatoms. The Kier molecular flexibility index (Phi) is 2.77. The van der Waals surface area contributed by atoms with Crippen molar-refractivity contribution in [2.75, 3.05) is 12.8 Å². The number of pyridine rings is 1. The van der Waals surface area contributed by atoms with Crippen LogP contribution in [0, 0.1) is 6.92 Å². The van der Waals surface area contributed by atoms with Crippen LogP contribution in [0.2, 0.25) is 0 Å². The van der Waals surface area contributed by atoms with Gasteiger partial charge in [0.05, 0.1) is 7.11 Å². The molecule has 0 amide bonds. The number of methoxy groups -OCH3 is 1. The molecule has 0 aliphatic rings. The molecular formula is C13H14N2O. The summed E-state index contributed by atoms with van der Waals surface area (Å²) in [4.78, 5) is 3.99. The first-order chi connectivity index (χ1) is 7.72. The van der Waals surface area contributed by atoms with Gasteiger partial charge >= 0.3 is 0 Å². The number of benzene rings is 1. The molecule has 1 aromatic carbocycles. The Labute approximate surface area is 94.9 Å². The molecule has 0 radical (unpaired) electrons. The van der Waals surface area contributed by atoms with E-state index in [0.717, 1.165) is 22.4 Å². The molecule has 1 heterocycles. The molecule has 16 heavy (non-hydrogen) atoms. The van der Waals surface area contributed by atoms with Crippen LogP contribution in [0.3, 0.4) is 0 Å². The molecule has 2 rings (SSSR count). The normalized spacial score (nSPS) is 10.1. The Morgan fingerprint density at radius 1 is 1.25 bits per heavy atom. The van der Waals surface area contributed by atoms with Crippen molar-refractivity contribution in [3.63, 3.8) is 0 Å². The van der Waals surface area contributed by atoms with E-state index < -0.39 is 0 Å². The van der Waals surface area contributed by atoms with Crippen molar-refractivity contribution in [2.24, 2.45) is 0 Å². The van der Waals surface area contributed by atoms with E-state index in [-0.39, 0.29) is 0 Å². The summed E-state index contributed by atoms with van der Waals surface area (Å²) in [6, 6.07) is 9.75. The fraction of sp³-hybridized carbons (Fsp3) is 0.154. The van der Waals surface area contributed by atoms with Gasteiger partial charge in [-0.05, 0) is 36.2 Å². The maximum Gasteiger partial charge on any atom is 0.126 e. The average Bonchev–Trinajstić information content (AvgIpc) is 2.28. The number of nitrogen functional groups attached to an aromatic ring is 1. The Morgan fingerprint density at radius 3 is 2.75 bits per heavy atom. The third-order valence-corrected chi connectivity index (χ3v) is 2.52. The fourth-order valence-electron chi connectivity index (χ4n) is 1.78. The average molecular weight is 214 g/mol. The van der Waals surface area contributed by atoms with Crippen molar-refractivity contribution in [2.45, 2.75) is 6.92 Å². The van der Waals surface area contributed by atoms with Gasteiger partial charge in [0.1, 0.15) is 11.6 Å². The number of ether oxygens (including phenoxy) is 1. The monoisotopic (exact) mass is 214 g/mol. The Balaban J connectivity index is 2.63. The highest BCUT2D eigenvalue weighted by Gasteiger charge is 2.08. The number of hydrogen-bond donors (Lipinski definition) is 1. The van der Waals surface area contributed by atoms with E-state index in [0.29, 0.717) is 5.82 Å². The van der Waals surface area contributed by atoms with Crippen molar-refractivity contribution >= 4 is 5.82 Å². The van der Waals surface area contributed by atoms with E-state index in [2.05, 4.69) is 18.0 Å². The molecule has 2 N–H and O–H groups in total. The topological polar surface area (TPSA) is 48.1 Å². The van der Waals surface area contributed by atoms with Crippen molar-refractivity contribution in [3.8, 4) is 16.9 Å². The standard InChI is InChI=1S/C13H14N2O/c1-9-4-3-5-11(16-2)13(9)10-6-7-15-12(14)8-10/h3-8H,1-2H3,(H2,14,15). The summed E-state index contributed by atoms with van der Waals surface area (Å²) in [6.45, 7) is 2.05. The van der Waals surface area contributed by atoms with Gasteiger partial charge in [-0.1, -0.05) is 12.1 Å². The zero-order valence-electron chi connectivity index (χ0n) is 9.40. The number of rotatable bonds is 2. The molecule has 0 unspecified atom stereocenters. The van der Waals surface area contributed by atoms with E-state index >= 15 is 0 Å². The van der Waals surface area contributed by atoms with Gasteiger partial charge in [0.15, 0.2) is 0 Å². The lowest BCUT2D eigenvalue weighted by Crippen LogP contribution is -1.93. The van der Waals surface area contributed by atoms with Crippen LogP contribution in [0.25, 0.3) is 11.1 Å². The molecule has 2 aromatic rings. The van der Waals surface area contributed by atoms with Crippen molar-refractivity contribution in [1.82, 2.24) is 4.98 Å². The van der Waals surface area contributed by atoms with Crippen LogP contribution >= 0.6 is 0 Å². The Hall–Kier alpha value is -2.03. The van der Waals surface area contributed by atoms with Crippen LogP contribution in [-0.2, 0) is 0 Å². The molecule has 0 spiro atoms. The number of nitrogens with two attached hydrogens (primary N) is 1. The van der Waals surface area contributed by atoms with Gasteiger partial charge < -0.3 is 10.5 Å². The predicted octanol–water partition coefficient (Wildman–Crippen LogP) is 2.65. The number of nitrogens with zero attached hydrogens (tertiary/aromatic N) is 1. The zero-order valence-corrected chi connectivity index (χ0v) is 9.40. The van der Waals surface area contributed by atoms with Gasteiger partial charge in [-0.15, -0.1) is 0 Å². The lowest BCUT2D eigenvalue weighted by molar-refractivity contribution is 0.416. The molecule has 3 nitrogen and oxygen atoms in total. The van der Waals surface area contributed by atoms with E-state index in [9.17, 15) is 0 Å². The van der Waals surface area contributed by atoms with E-state index in [1.165, 1.54) is 0 Å². The zero-order chi connectivity index (χ0) is 11.5. The molecule has 82 valence electrons. The third-order valence-electron chi connectivity index (χ3n) is 2.52. The number of aromatic nitrogens is 1. The summed E-state index contributed by atoms with van der Waals surface area (Å²) in [6.07, 6.45) is 1.70. The SMILES string of the molecule is COc1cccc(C)c1-c1ccnc(N)c1. The van der Waals surface area contributed by atoms with Crippen LogP contribution in [-0.4, -0.2) is 12.1 Å². The maximum atomic E-state index is 5.69. The van der Waals surface area contributed by atoms with Crippen LogP contribution < -0.4 is 10.5 Å². The van der Waals surface area contributed by atoms with Gasteiger partial charge in [0.2, 0.25) is 0 Å². The van der Waals surface area contributed by atoms with E-state index in [1.54, 1.807) is 13.3 Å². The molecule has 0 saturated heterocycles. The van der Waals surface area contributed by atoms with Crippen LogP contribution in [0.1, 0.15) is 5.56 Å². The first kappa shape index (κ1) is 10.5. The highest BCUT2D eigenvalue weighted by Crippen LogP contribution is 2.33. The predicted molar refractivity (Wildman–Crippen MR) is 65.4 cm³/mol. The van der Waals surface area contributed by atoms with Crippen molar-refractivity contribution < 1.29 is 4.74 Å². The summed E-state index contributed by atoms with van der Waals surface area (Å²) in [5, 5.41) is 0. The molecule has 0 aliphatic carbocycles. The summed E-state index contributed by atoms with van der Waals surface area (Å²) >= 11 is 0. The summed E-state index contributed by atoms with van der Waals surface area (Å²) < 4.78 is 5.36. The number of aryl methyl sites for hydroxylation is 1. The van der Waals surface area contributed by atoms with Gasteiger partial charge in [0.25, 0.3) is 0 Å². The third kappa shape index (κ3) is 1.84. The quantitative estimate of drug-likeness (QED) is 0.836. The lowest BCUT2D eigenvalue weighted by atomic mass is 10.0. The van der Waals surface area contributed by atoms with Crippen molar-refractivity contribution in [1.29, 1.82) is 0 Å². The molecule has 1 aromatic heterocycles. The first-order valence-corrected chi connectivity index (χ1v) is 5.08. The molecule has 0 atom stereocenters. The lowest BCUT2D eigenvalue weighted by Gasteiger charge is -2.11. The molecular weight excluding hydrogens is 200 g/mol. The molecule has 0 saturated carbocycles. The maximum absolute atomic E-state index is 5.69. The van der Waals surface area contributed by atoms with Gasteiger partial charge in [-0.3, -0.25) is 0 Å². The van der Waals surface area contributed by atoms with Gasteiger partial charge in [-0.25, -0.2) is 4.98 Å². The van der Waals surface area contributed by atoms with Crippen LogP contribution in [0.15, 0.2) is 36.5 Å². The minimum atomic E-state index is 0.516. The highest BCUT2D eigenvalue weighted by molar-refractivity contribution is 5.75. The van der Waals surface area contributed by atoms with E-state index in [1.807, 2.05) is 24.3 Å². The second-order valence-electron chi connectivity index (χ2n) is 3.62. The van der Waals surface area contributed by atoms with Crippen LogP contribution in [0.5, 0.6) is 5.75 Å². The van der Waals surface area contributed by atoms with Crippen LogP contribution in [0.4, 0.5) is 5.82 Å². The number of hydrogen-bond acceptors (Lipinski definition) is 3. The Morgan fingerprint density at radius 2 is 2.06 bits per heavy atom. The summed E-state index contributed by atoms with van der Waals surface area (Å²) in [5.41, 5.74) is 8.94. The second kappa shape index (κ2) is 4.23. The smallest absolute Gasteiger partial charge is 0.126 e. The largest absolute Gasteiger partial charge is 0.496 e. The molecule has 0 bridgehead atoms. The molecule has 0 fully saturated rings.